The van der Waals surface area contributed by atoms with Crippen LogP contribution in [0.25, 0.3) is 10.9 Å². The highest BCUT2D eigenvalue weighted by Crippen LogP contribution is 2.28. The van der Waals surface area contributed by atoms with Crippen molar-refractivity contribution in [2.24, 2.45) is 5.92 Å². The number of pyridine rings is 1. The van der Waals surface area contributed by atoms with Crippen LogP contribution in [0.2, 0.25) is 0 Å². The summed E-state index contributed by atoms with van der Waals surface area (Å²) < 4.78 is 33.2. The van der Waals surface area contributed by atoms with E-state index in [1.807, 2.05) is 37.3 Å². The summed E-state index contributed by atoms with van der Waals surface area (Å²) in [7, 11) is -3.70. The summed E-state index contributed by atoms with van der Waals surface area (Å²) in [6.45, 7) is 4.57. The zero-order chi connectivity index (χ0) is 22.2. The third-order valence-corrected chi connectivity index (χ3v) is 7.93. The number of para-hydroxylation sites is 1. The highest BCUT2D eigenvalue weighted by Gasteiger charge is 2.46. The van der Waals surface area contributed by atoms with E-state index in [9.17, 15) is 18.0 Å². The minimum atomic E-state index is -3.70. The van der Waals surface area contributed by atoms with Crippen LogP contribution in [0.4, 0.5) is 4.79 Å². The molecule has 4 rings (SSSR count). The summed E-state index contributed by atoms with van der Waals surface area (Å²) in [5, 5.41) is 5.46. The van der Waals surface area contributed by atoms with Crippen LogP contribution in [0.3, 0.4) is 0 Å². The van der Waals surface area contributed by atoms with Crippen molar-refractivity contribution in [3.05, 3.63) is 36.0 Å². The number of piperidine rings is 1. The largest absolute Gasteiger partial charge is 0.493 e. The van der Waals surface area contributed by atoms with Crippen LogP contribution < -0.4 is 15.4 Å². The van der Waals surface area contributed by atoms with Crippen molar-refractivity contribution in [1.29, 1.82) is 0 Å². The van der Waals surface area contributed by atoms with E-state index in [1.54, 1.807) is 0 Å². The Morgan fingerprint density at radius 2 is 1.94 bits per heavy atom. The molecule has 0 aliphatic carbocycles. The lowest BCUT2D eigenvalue weighted by atomic mass is 9.99. The van der Waals surface area contributed by atoms with Crippen molar-refractivity contribution >= 4 is 32.9 Å². The summed E-state index contributed by atoms with van der Waals surface area (Å²) in [5.41, 5.74) is 0.317. The lowest BCUT2D eigenvalue weighted by Gasteiger charge is -2.33. The molecule has 0 bridgehead atoms. The van der Waals surface area contributed by atoms with Gasteiger partial charge in [0.25, 0.3) is 5.91 Å². The second kappa shape index (κ2) is 8.08. The third-order valence-electron chi connectivity index (χ3n) is 5.84. The smallest absolute Gasteiger partial charge is 0.322 e. The number of carbonyl (C=O) groups excluding carboxylic acids is 2. The Kier molecular flexibility index (Phi) is 5.61. The number of imide groups is 1. The molecule has 1 atom stereocenters. The molecule has 0 radical (unpaired) electrons. The zero-order valence-corrected chi connectivity index (χ0v) is 18.4. The highest BCUT2D eigenvalue weighted by atomic mass is 32.2. The van der Waals surface area contributed by atoms with Gasteiger partial charge in [-0.05, 0) is 44.7 Å². The number of carbonyl (C=O) groups is 2. The van der Waals surface area contributed by atoms with Gasteiger partial charge >= 0.3 is 6.03 Å². The highest BCUT2D eigenvalue weighted by molar-refractivity contribution is 7.89. The van der Waals surface area contributed by atoms with Crippen LogP contribution in [-0.4, -0.2) is 60.6 Å². The quantitative estimate of drug-likeness (QED) is 0.651. The van der Waals surface area contributed by atoms with E-state index in [0.717, 1.165) is 22.3 Å². The van der Waals surface area contributed by atoms with Gasteiger partial charge in [0.2, 0.25) is 10.0 Å². The second-order valence-corrected chi connectivity index (χ2v) is 10.4. The first-order valence-corrected chi connectivity index (χ1v) is 11.9. The van der Waals surface area contributed by atoms with Crippen LogP contribution in [0.5, 0.6) is 5.75 Å². The topological polar surface area (TPSA) is 118 Å². The van der Waals surface area contributed by atoms with E-state index in [0.29, 0.717) is 32.5 Å². The molecule has 3 amide bonds. The number of aryl methyl sites for hydroxylation is 1. The van der Waals surface area contributed by atoms with E-state index < -0.39 is 33.3 Å². The Hall–Kier alpha value is -2.72. The minimum absolute atomic E-state index is 0.226. The van der Waals surface area contributed by atoms with Crippen molar-refractivity contribution in [2.45, 2.75) is 32.2 Å². The molecule has 166 valence electrons. The van der Waals surface area contributed by atoms with E-state index >= 15 is 0 Å². The van der Waals surface area contributed by atoms with Crippen molar-refractivity contribution in [3.63, 3.8) is 0 Å². The molecule has 9 nitrogen and oxygen atoms in total. The first-order chi connectivity index (χ1) is 14.7. The van der Waals surface area contributed by atoms with E-state index in [1.165, 1.54) is 11.2 Å². The van der Waals surface area contributed by atoms with Gasteiger partial charge in [0, 0.05) is 30.2 Å². The summed E-state index contributed by atoms with van der Waals surface area (Å²) >= 11 is 0. The van der Waals surface area contributed by atoms with Gasteiger partial charge in [-0.2, -0.15) is 0 Å². The second-order valence-electron chi connectivity index (χ2n) is 8.43. The monoisotopic (exact) mass is 446 g/mol. The third kappa shape index (κ3) is 4.49. The van der Waals surface area contributed by atoms with Gasteiger partial charge in [-0.25, -0.2) is 17.5 Å². The fourth-order valence-corrected chi connectivity index (χ4v) is 5.97. The molecule has 0 spiro atoms. The fourth-order valence-electron chi connectivity index (χ4n) is 4.09. The molecule has 1 aromatic heterocycles. The summed E-state index contributed by atoms with van der Waals surface area (Å²) in [4.78, 5) is 27.9. The van der Waals surface area contributed by atoms with E-state index in [-0.39, 0.29) is 5.92 Å². The number of amides is 3. The normalized spacial score (nSPS) is 23.0. The first kappa shape index (κ1) is 21.5. The van der Waals surface area contributed by atoms with Crippen molar-refractivity contribution in [1.82, 2.24) is 19.9 Å². The Morgan fingerprint density at radius 3 is 2.61 bits per heavy atom. The number of rotatable bonds is 6. The number of hydrogen-bond acceptors (Lipinski definition) is 6. The SMILES string of the molecule is Cc1cc(OCC2CCN(S(=O)(=O)CC3(C)NC(=O)NC3=O)CC2)c2ccccc2n1. The number of urea groups is 1. The Bertz CT molecular complexity index is 1130. The molecular formula is C21H26N4O5S. The van der Waals surface area contributed by atoms with Gasteiger partial charge < -0.3 is 10.1 Å². The minimum Gasteiger partial charge on any atom is -0.493 e. The van der Waals surface area contributed by atoms with Gasteiger partial charge in [0.05, 0.1) is 17.9 Å². The van der Waals surface area contributed by atoms with Gasteiger partial charge in [-0.1, -0.05) is 12.1 Å². The summed E-state index contributed by atoms with van der Waals surface area (Å²) in [5.74, 6) is -0.0665. The Morgan fingerprint density at radius 1 is 1.23 bits per heavy atom. The molecular weight excluding hydrogens is 420 g/mol. The van der Waals surface area contributed by atoms with Crippen LogP contribution in [0.1, 0.15) is 25.5 Å². The predicted molar refractivity (Wildman–Crippen MR) is 115 cm³/mol. The fraction of sp³-hybridized carbons (Fsp3) is 0.476. The lowest BCUT2D eigenvalue weighted by Crippen LogP contribution is -2.53. The summed E-state index contributed by atoms with van der Waals surface area (Å²) in [6, 6.07) is 9.07. The number of nitrogens with zero attached hydrogens (tertiary/aromatic N) is 2. The van der Waals surface area contributed by atoms with Gasteiger partial charge in [-0.15, -0.1) is 0 Å². The van der Waals surface area contributed by atoms with E-state index in [4.69, 9.17) is 4.74 Å². The lowest BCUT2D eigenvalue weighted by molar-refractivity contribution is -0.122. The van der Waals surface area contributed by atoms with Crippen molar-refractivity contribution < 1.29 is 22.7 Å². The van der Waals surface area contributed by atoms with Gasteiger partial charge in [0.1, 0.15) is 11.3 Å². The number of benzene rings is 1. The number of sulfonamides is 1. The van der Waals surface area contributed by atoms with E-state index in [2.05, 4.69) is 15.6 Å². The molecule has 2 aromatic rings. The molecule has 1 unspecified atom stereocenters. The van der Waals surface area contributed by atoms with Crippen LogP contribution >= 0.6 is 0 Å². The molecule has 2 N–H and O–H groups in total. The molecule has 2 saturated heterocycles. The Labute approximate surface area is 181 Å². The van der Waals surface area contributed by atoms with Gasteiger partial charge in [-0.3, -0.25) is 15.1 Å². The number of aromatic nitrogens is 1. The molecule has 10 heteroatoms. The molecule has 31 heavy (non-hydrogen) atoms. The molecule has 2 fully saturated rings. The first-order valence-electron chi connectivity index (χ1n) is 10.3. The maximum absolute atomic E-state index is 12.8. The average Bonchev–Trinajstić information content (AvgIpc) is 2.96. The zero-order valence-electron chi connectivity index (χ0n) is 17.6. The Balaban J connectivity index is 1.35. The molecule has 2 aliphatic heterocycles. The standard InChI is InChI=1S/C21H26N4O5S/c1-14-11-18(16-5-3-4-6-17(16)22-14)30-12-15-7-9-25(10-8-15)31(28,29)13-21(2)19(26)23-20(27)24-21/h3-6,11,15H,7-10,12-13H2,1-2H3,(H2,23,24,26,27). The maximum atomic E-state index is 12.8. The molecule has 2 aliphatic rings. The van der Waals surface area contributed by atoms with Crippen molar-refractivity contribution in [2.75, 3.05) is 25.4 Å². The maximum Gasteiger partial charge on any atom is 0.322 e. The van der Waals surface area contributed by atoms with Crippen LogP contribution in [0.15, 0.2) is 30.3 Å². The average molecular weight is 447 g/mol. The number of hydrogen-bond donors (Lipinski definition) is 2. The summed E-state index contributed by atoms with van der Waals surface area (Å²) in [6.07, 6.45) is 1.33. The van der Waals surface area contributed by atoms with Crippen molar-refractivity contribution in [3.8, 4) is 5.75 Å². The molecule has 1 aromatic carbocycles. The van der Waals surface area contributed by atoms with Gasteiger partial charge in [0.15, 0.2) is 0 Å². The number of fused-ring (bicyclic) bond motifs is 1. The van der Waals surface area contributed by atoms with Crippen LogP contribution in [0, 0.1) is 12.8 Å². The molecule has 0 saturated carbocycles. The number of ether oxygens (including phenoxy) is 1. The predicted octanol–water partition coefficient (Wildman–Crippen LogP) is 1.56. The number of nitrogens with one attached hydrogen (secondary N) is 2. The molecule has 3 heterocycles. The van der Waals surface area contributed by atoms with Crippen LogP contribution in [-0.2, 0) is 14.8 Å².